The first-order chi connectivity index (χ1) is 9.13. The second-order valence-electron chi connectivity index (χ2n) is 4.49. The first kappa shape index (κ1) is 15.5. The van der Waals surface area contributed by atoms with E-state index in [2.05, 4.69) is 0 Å². The number of hydrogen-bond acceptors (Lipinski definition) is 3. The molecule has 1 aromatic carbocycles. The van der Waals surface area contributed by atoms with Crippen molar-refractivity contribution in [1.29, 1.82) is 0 Å². The van der Waals surface area contributed by atoms with Gasteiger partial charge in [-0.25, -0.2) is 4.39 Å². The van der Waals surface area contributed by atoms with Crippen LogP contribution < -0.4 is 4.74 Å². The van der Waals surface area contributed by atoms with Gasteiger partial charge in [0.1, 0.15) is 11.6 Å². The van der Waals surface area contributed by atoms with Gasteiger partial charge >= 0.3 is 5.97 Å². The molecule has 1 unspecified atom stereocenters. The summed E-state index contributed by atoms with van der Waals surface area (Å²) in [6, 6.07) is 5.92. The molecule has 106 valence electrons. The third-order valence-electron chi connectivity index (χ3n) is 2.88. The average molecular weight is 268 g/mol. The van der Waals surface area contributed by atoms with Gasteiger partial charge in [0.05, 0.1) is 19.1 Å². The second-order valence-corrected chi connectivity index (χ2v) is 4.49. The summed E-state index contributed by atoms with van der Waals surface area (Å²) in [5.74, 6) is 0.208. The lowest BCUT2D eigenvalue weighted by molar-refractivity contribution is -0.148. The van der Waals surface area contributed by atoms with Gasteiger partial charge in [-0.1, -0.05) is 13.8 Å². The number of unbranched alkanes of at least 4 members (excludes halogenated alkanes) is 1. The molecule has 4 heteroatoms. The van der Waals surface area contributed by atoms with E-state index in [0.29, 0.717) is 19.0 Å². The molecule has 0 saturated heterocycles. The van der Waals surface area contributed by atoms with Gasteiger partial charge in [0.15, 0.2) is 0 Å². The number of halogens is 1. The average Bonchev–Trinajstić information content (AvgIpc) is 2.43. The van der Waals surface area contributed by atoms with Crippen LogP contribution in [0.15, 0.2) is 24.3 Å². The topological polar surface area (TPSA) is 35.5 Å². The minimum Gasteiger partial charge on any atom is -0.494 e. The van der Waals surface area contributed by atoms with E-state index in [-0.39, 0.29) is 17.7 Å². The van der Waals surface area contributed by atoms with Crippen LogP contribution in [0.4, 0.5) is 4.39 Å². The molecule has 0 saturated carbocycles. The normalized spacial score (nSPS) is 11.9. The number of esters is 1. The number of benzene rings is 1. The highest BCUT2D eigenvalue weighted by Crippen LogP contribution is 2.11. The fourth-order valence-electron chi connectivity index (χ4n) is 1.41. The summed E-state index contributed by atoms with van der Waals surface area (Å²) in [5, 5.41) is 0. The molecular formula is C15H21FO3. The van der Waals surface area contributed by atoms with E-state index < -0.39 is 0 Å². The van der Waals surface area contributed by atoms with Gasteiger partial charge in [0.25, 0.3) is 0 Å². The van der Waals surface area contributed by atoms with Crippen LogP contribution in [0.5, 0.6) is 5.75 Å². The van der Waals surface area contributed by atoms with Crippen LogP contribution in [0.2, 0.25) is 0 Å². The molecule has 1 aromatic rings. The lowest BCUT2D eigenvalue weighted by Crippen LogP contribution is -2.14. The molecule has 1 atom stereocenters. The third-order valence-corrected chi connectivity index (χ3v) is 2.88. The maximum Gasteiger partial charge on any atom is 0.308 e. The minimum atomic E-state index is -0.274. The minimum absolute atomic E-state index is 0.0320. The molecule has 0 heterocycles. The van der Waals surface area contributed by atoms with E-state index in [0.717, 1.165) is 19.3 Å². The molecule has 0 fully saturated rings. The Morgan fingerprint density at radius 1 is 1.21 bits per heavy atom. The van der Waals surface area contributed by atoms with Crippen molar-refractivity contribution < 1.29 is 18.7 Å². The van der Waals surface area contributed by atoms with Crippen LogP contribution in [0.25, 0.3) is 0 Å². The predicted molar refractivity (Wildman–Crippen MR) is 71.5 cm³/mol. The Balaban J connectivity index is 2.05. The van der Waals surface area contributed by atoms with Crippen molar-refractivity contribution in [3.63, 3.8) is 0 Å². The zero-order valence-corrected chi connectivity index (χ0v) is 11.5. The van der Waals surface area contributed by atoms with E-state index in [9.17, 15) is 9.18 Å². The molecule has 0 aromatic heterocycles. The van der Waals surface area contributed by atoms with E-state index in [1.54, 1.807) is 12.1 Å². The van der Waals surface area contributed by atoms with Crippen LogP contribution >= 0.6 is 0 Å². The first-order valence-corrected chi connectivity index (χ1v) is 6.68. The lowest BCUT2D eigenvalue weighted by Gasteiger charge is -2.09. The number of carbonyl (C=O) groups is 1. The Kier molecular flexibility index (Phi) is 6.93. The van der Waals surface area contributed by atoms with Crippen molar-refractivity contribution >= 4 is 5.97 Å². The number of hydrogen-bond donors (Lipinski definition) is 0. The quantitative estimate of drug-likeness (QED) is 0.534. The summed E-state index contributed by atoms with van der Waals surface area (Å²) in [4.78, 5) is 11.4. The Bertz CT molecular complexity index is 375. The molecule has 0 amide bonds. The van der Waals surface area contributed by atoms with Gasteiger partial charge in [-0.3, -0.25) is 4.79 Å². The summed E-state index contributed by atoms with van der Waals surface area (Å²) < 4.78 is 23.2. The SMILES string of the molecule is CCC(C)C(=O)OCCCCOc1ccc(F)cc1. The summed E-state index contributed by atoms with van der Waals surface area (Å²) in [7, 11) is 0. The van der Waals surface area contributed by atoms with Crippen LogP contribution in [0, 0.1) is 11.7 Å². The molecule has 0 aliphatic carbocycles. The van der Waals surface area contributed by atoms with E-state index >= 15 is 0 Å². The molecule has 1 rings (SSSR count). The smallest absolute Gasteiger partial charge is 0.308 e. The highest BCUT2D eigenvalue weighted by Gasteiger charge is 2.10. The zero-order valence-electron chi connectivity index (χ0n) is 11.5. The molecule has 19 heavy (non-hydrogen) atoms. The number of ether oxygens (including phenoxy) is 2. The van der Waals surface area contributed by atoms with E-state index in [1.807, 2.05) is 13.8 Å². The van der Waals surface area contributed by atoms with Crippen LogP contribution in [0.3, 0.4) is 0 Å². The zero-order chi connectivity index (χ0) is 14.1. The Labute approximate surface area is 113 Å². The first-order valence-electron chi connectivity index (χ1n) is 6.68. The Hall–Kier alpha value is -1.58. The van der Waals surface area contributed by atoms with Gasteiger partial charge in [0.2, 0.25) is 0 Å². The van der Waals surface area contributed by atoms with Gasteiger partial charge in [-0.05, 0) is 43.5 Å². The van der Waals surface area contributed by atoms with Crippen molar-refractivity contribution in [2.75, 3.05) is 13.2 Å². The molecule has 0 bridgehead atoms. The summed E-state index contributed by atoms with van der Waals surface area (Å²) in [5.41, 5.74) is 0. The Morgan fingerprint density at radius 2 is 1.84 bits per heavy atom. The number of rotatable bonds is 8. The fraction of sp³-hybridized carbons (Fsp3) is 0.533. The highest BCUT2D eigenvalue weighted by molar-refractivity contribution is 5.71. The van der Waals surface area contributed by atoms with Crippen molar-refractivity contribution in [2.45, 2.75) is 33.1 Å². The predicted octanol–water partition coefficient (Wildman–Crippen LogP) is 3.57. The largest absolute Gasteiger partial charge is 0.494 e. The second kappa shape index (κ2) is 8.51. The summed E-state index contributed by atoms with van der Waals surface area (Å²) in [6.45, 7) is 4.78. The molecule has 0 N–H and O–H groups in total. The summed E-state index contributed by atoms with van der Waals surface area (Å²) >= 11 is 0. The molecule has 0 aliphatic rings. The standard InChI is InChI=1S/C15H21FO3/c1-3-12(2)15(17)19-11-5-4-10-18-14-8-6-13(16)7-9-14/h6-9,12H,3-5,10-11H2,1-2H3. The number of carbonyl (C=O) groups excluding carboxylic acids is 1. The Morgan fingerprint density at radius 3 is 2.47 bits per heavy atom. The van der Waals surface area contributed by atoms with E-state index in [4.69, 9.17) is 9.47 Å². The maximum absolute atomic E-state index is 12.6. The monoisotopic (exact) mass is 268 g/mol. The molecule has 3 nitrogen and oxygen atoms in total. The van der Waals surface area contributed by atoms with Gasteiger partial charge < -0.3 is 9.47 Å². The van der Waals surface area contributed by atoms with E-state index in [1.165, 1.54) is 12.1 Å². The molecule has 0 aliphatic heterocycles. The van der Waals surface area contributed by atoms with Crippen LogP contribution in [-0.2, 0) is 9.53 Å². The molecule has 0 radical (unpaired) electrons. The molecular weight excluding hydrogens is 247 g/mol. The van der Waals surface area contributed by atoms with Gasteiger partial charge in [-0.15, -0.1) is 0 Å². The maximum atomic E-state index is 12.6. The molecule has 0 spiro atoms. The lowest BCUT2D eigenvalue weighted by atomic mass is 10.1. The van der Waals surface area contributed by atoms with Gasteiger partial charge in [0, 0.05) is 0 Å². The third kappa shape index (κ3) is 6.22. The van der Waals surface area contributed by atoms with Crippen LogP contribution in [0.1, 0.15) is 33.1 Å². The van der Waals surface area contributed by atoms with Crippen molar-refractivity contribution in [3.8, 4) is 5.75 Å². The van der Waals surface area contributed by atoms with Crippen molar-refractivity contribution in [1.82, 2.24) is 0 Å². The summed E-state index contributed by atoms with van der Waals surface area (Å²) in [6.07, 6.45) is 2.36. The fourth-order valence-corrected chi connectivity index (χ4v) is 1.41. The van der Waals surface area contributed by atoms with Crippen molar-refractivity contribution in [3.05, 3.63) is 30.1 Å². The van der Waals surface area contributed by atoms with Crippen LogP contribution in [-0.4, -0.2) is 19.2 Å². The highest BCUT2D eigenvalue weighted by atomic mass is 19.1. The van der Waals surface area contributed by atoms with Gasteiger partial charge in [-0.2, -0.15) is 0 Å². The van der Waals surface area contributed by atoms with Crippen molar-refractivity contribution in [2.24, 2.45) is 5.92 Å².